The van der Waals surface area contributed by atoms with Gasteiger partial charge >= 0.3 is 0 Å². The first-order valence-electron chi connectivity index (χ1n) is 4.86. The topological polar surface area (TPSA) is 32.3 Å². The van der Waals surface area contributed by atoms with Crippen molar-refractivity contribution in [1.82, 2.24) is 5.32 Å². The second-order valence-electron chi connectivity index (χ2n) is 3.54. The van der Waals surface area contributed by atoms with Crippen LogP contribution in [-0.4, -0.2) is 11.7 Å². The average Bonchev–Trinajstić information content (AvgIpc) is 2.05. The normalized spacial score (nSPS) is 21.2. The molecule has 1 atom stereocenters. The number of aryl methyl sites for hydroxylation is 1. The first-order chi connectivity index (χ1) is 6.31. The van der Waals surface area contributed by atoms with E-state index in [1.54, 1.807) is 0 Å². The number of benzene rings is 1. The Morgan fingerprint density at radius 1 is 1.54 bits per heavy atom. The molecule has 70 valence electrons. The van der Waals surface area contributed by atoms with E-state index in [0.717, 1.165) is 24.9 Å². The average molecular weight is 177 g/mol. The van der Waals surface area contributed by atoms with Crippen LogP contribution >= 0.6 is 0 Å². The van der Waals surface area contributed by atoms with E-state index in [1.807, 2.05) is 12.1 Å². The molecule has 0 radical (unpaired) electrons. The summed E-state index contributed by atoms with van der Waals surface area (Å²) in [7, 11) is 0. The van der Waals surface area contributed by atoms with Crippen molar-refractivity contribution >= 4 is 0 Å². The molecular weight excluding hydrogens is 162 g/mol. The largest absolute Gasteiger partial charge is 0.508 e. The fourth-order valence-electron chi connectivity index (χ4n) is 1.66. The van der Waals surface area contributed by atoms with E-state index in [4.69, 9.17) is 0 Å². The van der Waals surface area contributed by atoms with Gasteiger partial charge < -0.3 is 10.4 Å². The molecule has 0 aliphatic carbocycles. The van der Waals surface area contributed by atoms with Gasteiger partial charge in [0.05, 0.1) is 0 Å². The Bertz CT molecular complexity index is 305. The highest BCUT2D eigenvalue weighted by Crippen LogP contribution is 2.30. The summed E-state index contributed by atoms with van der Waals surface area (Å²) >= 11 is 0. The molecule has 1 aromatic carbocycles. The van der Waals surface area contributed by atoms with Gasteiger partial charge in [0.15, 0.2) is 0 Å². The number of phenolic OH excluding ortho intramolecular Hbond substituents is 1. The monoisotopic (exact) mass is 177 g/mol. The van der Waals surface area contributed by atoms with Crippen molar-refractivity contribution in [3.05, 3.63) is 29.3 Å². The molecule has 0 amide bonds. The van der Waals surface area contributed by atoms with Crippen LogP contribution in [0, 0.1) is 0 Å². The van der Waals surface area contributed by atoms with Crippen LogP contribution in [0.15, 0.2) is 18.2 Å². The van der Waals surface area contributed by atoms with Crippen LogP contribution in [0.3, 0.4) is 0 Å². The number of aromatic hydroxyl groups is 1. The second-order valence-corrected chi connectivity index (χ2v) is 3.54. The number of rotatable bonds is 2. The molecule has 1 heterocycles. The summed E-state index contributed by atoms with van der Waals surface area (Å²) < 4.78 is 0. The number of phenols is 1. The zero-order valence-corrected chi connectivity index (χ0v) is 7.88. The molecule has 2 nitrogen and oxygen atoms in total. The molecule has 0 saturated carbocycles. The molecule has 2 heteroatoms. The first-order valence-corrected chi connectivity index (χ1v) is 4.86. The number of nitrogens with one attached hydrogen (secondary N) is 1. The maximum Gasteiger partial charge on any atom is 0.120 e. The Morgan fingerprint density at radius 3 is 2.77 bits per heavy atom. The van der Waals surface area contributed by atoms with Gasteiger partial charge in [-0.2, -0.15) is 0 Å². The van der Waals surface area contributed by atoms with Crippen LogP contribution in [0.5, 0.6) is 5.75 Å². The maximum absolute atomic E-state index is 9.72. The van der Waals surface area contributed by atoms with Gasteiger partial charge in [0, 0.05) is 11.6 Å². The fraction of sp³-hybridized carbons (Fsp3) is 0.455. The lowest BCUT2D eigenvalue weighted by Crippen LogP contribution is -2.34. The molecule has 0 bridgehead atoms. The summed E-state index contributed by atoms with van der Waals surface area (Å²) in [5.41, 5.74) is 2.24. The van der Waals surface area contributed by atoms with Crippen LogP contribution in [0.1, 0.15) is 30.5 Å². The highest BCUT2D eigenvalue weighted by molar-refractivity contribution is 5.39. The fourth-order valence-corrected chi connectivity index (χ4v) is 1.66. The summed E-state index contributed by atoms with van der Waals surface area (Å²) in [6.07, 6.45) is 2.12. The molecular formula is C11H15NO. The van der Waals surface area contributed by atoms with E-state index in [2.05, 4.69) is 18.3 Å². The number of hydrogen-bond donors (Lipinski definition) is 2. The zero-order valence-electron chi connectivity index (χ0n) is 7.88. The lowest BCUT2D eigenvalue weighted by molar-refractivity contribution is 0.364. The first kappa shape index (κ1) is 8.57. The smallest absolute Gasteiger partial charge is 0.120 e. The van der Waals surface area contributed by atoms with Crippen molar-refractivity contribution in [2.75, 3.05) is 6.54 Å². The van der Waals surface area contributed by atoms with E-state index >= 15 is 0 Å². The van der Waals surface area contributed by atoms with Crippen molar-refractivity contribution in [1.29, 1.82) is 0 Å². The SMILES string of the molecule is CCc1ccc([C@H]2CCN2)c(O)c1. The summed E-state index contributed by atoms with van der Waals surface area (Å²) in [6, 6.07) is 6.38. The Balaban J connectivity index is 2.26. The molecule has 13 heavy (non-hydrogen) atoms. The van der Waals surface area contributed by atoms with Gasteiger partial charge in [-0.1, -0.05) is 19.1 Å². The Hall–Kier alpha value is -1.02. The van der Waals surface area contributed by atoms with Gasteiger partial charge in [-0.05, 0) is 31.0 Å². The molecule has 2 rings (SSSR count). The van der Waals surface area contributed by atoms with E-state index in [-0.39, 0.29) is 0 Å². The molecule has 0 spiro atoms. The van der Waals surface area contributed by atoms with Gasteiger partial charge in [0.25, 0.3) is 0 Å². The standard InChI is InChI=1S/C11H15NO/c1-2-8-3-4-9(11(13)7-8)10-5-6-12-10/h3-4,7,10,12-13H,2,5-6H2,1H3/t10-/m1/s1. The van der Waals surface area contributed by atoms with E-state index in [9.17, 15) is 5.11 Å². The summed E-state index contributed by atoms with van der Waals surface area (Å²) in [5, 5.41) is 13.0. The van der Waals surface area contributed by atoms with Crippen LogP contribution in [0.4, 0.5) is 0 Å². The lowest BCUT2D eigenvalue weighted by Gasteiger charge is -2.28. The predicted octanol–water partition coefficient (Wildman–Crippen LogP) is 1.99. The van der Waals surface area contributed by atoms with Gasteiger partial charge in [-0.15, -0.1) is 0 Å². The van der Waals surface area contributed by atoms with Crippen LogP contribution in [-0.2, 0) is 6.42 Å². The van der Waals surface area contributed by atoms with Crippen LogP contribution in [0.2, 0.25) is 0 Å². The van der Waals surface area contributed by atoms with Gasteiger partial charge in [-0.3, -0.25) is 0 Å². The van der Waals surface area contributed by atoms with Crippen LogP contribution < -0.4 is 5.32 Å². The quantitative estimate of drug-likeness (QED) is 0.724. The molecule has 1 saturated heterocycles. The third kappa shape index (κ3) is 1.54. The zero-order chi connectivity index (χ0) is 9.26. The molecule has 1 aromatic rings. The third-order valence-electron chi connectivity index (χ3n) is 2.70. The summed E-state index contributed by atoms with van der Waals surface area (Å²) in [4.78, 5) is 0. The van der Waals surface area contributed by atoms with Gasteiger partial charge in [0.1, 0.15) is 5.75 Å². The van der Waals surface area contributed by atoms with Gasteiger partial charge in [-0.25, -0.2) is 0 Å². The Kier molecular flexibility index (Phi) is 2.23. The highest BCUT2D eigenvalue weighted by atomic mass is 16.3. The molecule has 0 aromatic heterocycles. The van der Waals surface area contributed by atoms with Crippen molar-refractivity contribution < 1.29 is 5.11 Å². The third-order valence-corrected chi connectivity index (χ3v) is 2.70. The van der Waals surface area contributed by atoms with E-state index < -0.39 is 0 Å². The van der Waals surface area contributed by atoms with Crippen molar-refractivity contribution in [3.8, 4) is 5.75 Å². The second kappa shape index (κ2) is 3.38. The molecule has 0 unspecified atom stereocenters. The Labute approximate surface area is 78.6 Å². The summed E-state index contributed by atoms with van der Waals surface area (Å²) in [5.74, 6) is 0.441. The van der Waals surface area contributed by atoms with Gasteiger partial charge in [0.2, 0.25) is 0 Å². The van der Waals surface area contributed by atoms with Crippen molar-refractivity contribution in [2.45, 2.75) is 25.8 Å². The predicted molar refractivity (Wildman–Crippen MR) is 52.8 cm³/mol. The lowest BCUT2D eigenvalue weighted by atomic mass is 9.95. The molecule has 2 N–H and O–H groups in total. The highest BCUT2D eigenvalue weighted by Gasteiger charge is 2.20. The van der Waals surface area contributed by atoms with Crippen LogP contribution in [0.25, 0.3) is 0 Å². The minimum atomic E-state index is 0.380. The number of hydrogen-bond acceptors (Lipinski definition) is 2. The molecule has 1 aliphatic heterocycles. The maximum atomic E-state index is 9.72. The summed E-state index contributed by atoms with van der Waals surface area (Å²) in [6.45, 7) is 3.16. The molecule has 1 aliphatic rings. The minimum Gasteiger partial charge on any atom is -0.508 e. The van der Waals surface area contributed by atoms with E-state index in [1.165, 1.54) is 5.56 Å². The van der Waals surface area contributed by atoms with Crippen molar-refractivity contribution in [2.24, 2.45) is 0 Å². The Morgan fingerprint density at radius 2 is 2.31 bits per heavy atom. The van der Waals surface area contributed by atoms with E-state index in [0.29, 0.717) is 11.8 Å². The van der Waals surface area contributed by atoms with Crippen molar-refractivity contribution in [3.63, 3.8) is 0 Å². The molecule has 1 fully saturated rings. The minimum absolute atomic E-state index is 0.380.